The molecule has 5 rings (SSSR count). The van der Waals surface area contributed by atoms with Crippen molar-refractivity contribution in [2.45, 2.75) is 6.17 Å². The molecule has 2 aromatic carbocycles. The summed E-state index contributed by atoms with van der Waals surface area (Å²) < 4.78 is 0. The number of anilines is 2. The van der Waals surface area contributed by atoms with Gasteiger partial charge in [-0.1, -0.05) is 36.4 Å². The van der Waals surface area contributed by atoms with Crippen LogP contribution in [0.4, 0.5) is 11.4 Å². The summed E-state index contributed by atoms with van der Waals surface area (Å²) in [6.07, 6.45) is 1.37. The first-order valence-corrected chi connectivity index (χ1v) is 9.80. The van der Waals surface area contributed by atoms with Crippen LogP contribution in [-0.4, -0.2) is 15.9 Å². The number of carbonyl (C=O) groups is 1. The third-order valence-electron chi connectivity index (χ3n) is 4.65. The van der Waals surface area contributed by atoms with Gasteiger partial charge in [-0.3, -0.25) is 14.7 Å². The van der Waals surface area contributed by atoms with Gasteiger partial charge in [0.15, 0.2) is 6.17 Å². The molecule has 2 aromatic heterocycles. The summed E-state index contributed by atoms with van der Waals surface area (Å²) in [5.74, 6) is -0.0436. The lowest BCUT2D eigenvalue weighted by Gasteiger charge is -2.37. The molecule has 1 atom stereocenters. The molecule has 136 valence electrons. The average molecular weight is 384 g/mol. The molecule has 0 spiro atoms. The van der Waals surface area contributed by atoms with Crippen molar-refractivity contribution in [2.75, 3.05) is 10.2 Å². The average Bonchev–Trinajstić information content (AvgIpc) is 3.25. The number of hydrogen-bond acceptors (Lipinski definition) is 5. The second-order valence-electron chi connectivity index (χ2n) is 6.40. The molecule has 5 nitrogen and oxygen atoms in total. The summed E-state index contributed by atoms with van der Waals surface area (Å²) in [5.41, 5.74) is 3.91. The summed E-state index contributed by atoms with van der Waals surface area (Å²) in [7, 11) is 0. The van der Waals surface area contributed by atoms with Crippen LogP contribution in [0.2, 0.25) is 0 Å². The maximum atomic E-state index is 13.3. The van der Waals surface area contributed by atoms with Crippen LogP contribution in [-0.2, 0) is 0 Å². The molecular formula is C22H16N4OS. The molecular weight excluding hydrogens is 368 g/mol. The number of thiazole rings is 1. The van der Waals surface area contributed by atoms with Crippen molar-refractivity contribution >= 4 is 28.6 Å². The Balaban J connectivity index is 1.60. The van der Waals surface area contributed by atoms with Crippen LogP contribution in [0.15, 0.2) is 84.4 Å². The van der Waals surface area contributed by atoms with Crippen molar-refractivity contribution in [3.05, 3.63) is 95.6 Å². The van der Waals surface area contributed by atoms with Crippen molar-refractivity contribution < 1.29 is 4.79 Å². The lowest BCUT2D eigenvalue weighted by molar-refractivity contribution is 0.0974. The Morgan fingerprint density at radius 3 is 2.54 bits per heavy atom. The van der Waals surface area contributed by atoms with Crippen LogP contribution in [0.25, 0.3) is 10.7 Å². The Morgan fingerprint density at radius 1 is 0.929 bits per heavy atom. The number of pyridine rings is 1. The van der Waals surface area contributed by atoms with Gasteiger partial charge in [0.05, 0.1) is 17.0 Å². The summed E-state index contributed by atoms with van der Waals surface area (Å²) in [6, 6.07) is 23.0. The van der Waals surface area contributed by atoms with Crippen LogP contribution >= 0.6 is 11.3 Å². The molecule has 0 radical (unpaired) electrons. The van der Waals surface area contributed by atoms with Gasteiger partial charge in [-0.15, -0.1) is 11.3 Å². The molecule has 1 N–H and O–H groups in total. The van der Waals surface area contributed by atoms with Crippen LogP contribution in [0.3, 0.4) is 0 Å². The molecule has 0 saturated carbocycles. The van der Waals surface area contributed by atoms with Gasteiger partial charge in [-0.05, 0) is 36.4 Å². The van der Waals surface area contributed by atoms with E-state index in [9.17, 15) is 4.79 Å². The minimum Gasteiger partial charge on any atom is -0.359 e. The number of benzene rings is 2. The summed E-state index contributed by atoms with van der Waals surface area (Å²) in [4.78, 5) is 24.3. The lowest BCUT2D eigenvalue weighted by Crippen LogP contribution is -2.43. The number of hydrogen-bond donors (Lipinski definition) is 1. The van der Waals surface area contributed by atoms with Gasteiger partial charge in [-0.25, -0.2) is 4.98 Å². The van der Waals surface area contributed by atoms with Gasteiger partial charge < -0.3 is 5.32 Å². The highest BCUT2D eigenvalue weighted by molar-refractivity contribution is 7.13. The third kappa shape index (κ3) is 2.84. The predicted octanol–water partition coefficient (Wildman–Crippen LogP) is 4.98. The second kappa shape index (κ2) is 6.90. The van der Waals surface area contributed by atoms with E-state index in [0.29, 0.717) is 5.56 Å². The quantitative estimate of drug-likeness (QED) is 0.541. The molecule has 1 aliphatic heterocycles. The number of nitrogens with one attached hydrogen (secondary N) is 1. The SMILES string of the molecule is O=C1c2ccccc2NC(c2csc(-c3ccccn3)n2)N1c1ccccc1. The van der Waals surface area contributed by atoms with E-state index in [1.165, 1.54) is 11.3 Å². The molecule has 3 heterocycles. The van der Waals surface area contributed by atoms with E-state index in [2.05, 4.69) is 10.3 Å². The monoisotopic (exact) mass is 384 g/mol. The van der Waals surface area contributed by atoms with Gasteiger partial charge in [0, 0.05) is 23.0 Å². The van der Waals surface area contributed by atoms with Crippen LogP contribution < -0.4 is 10.2 Å². The smallest absolute Gasteiger partial charge is 0.262 e. The van der Waals surface area contributed by atoms with Crippen molar-refractivity contribution in [1.29, 1.82) is 0 Å². The standard InChI is InChI=1S/C22H16N4OS/c27-22-16-10-4-5-11-17(16)24-20(26(22)15-8-2-1-3-9-15)19-14-28-21(25-19)18-12-6-7-13-23-18/h1-14,20,24H. The first kappa shape index (κ1) is 16.6. The van der Waals surface area contributed by atoms with E-state index in [1.807, 2.05) is 78.2 Å². The highest BCUT2D eigenvalue weighted by Crippen LogP contribution is 2.37. The highest BCUT2D eigenvalue weighted by atomic mass is 32.1. The molecule has 1 amide bonds. The van der Waals surface area contributed by atoms with Gasteiger partial charge in [0.2, 0.25) is 0 Å². The first-order chi connectivity index (χ1) is 13.8. The fourth-order valence-corrected chi connectivity index (χ4v) is 4.15. The topological polar surface area (TPSA) is 58.1 Å². The van der Waals surface area contributed by atoms with E-state index in [-0.39, 0.29) is 5.91 Å². The van der Waals surface area contributed by atoms with E-state index >= 15 is 0 Å². The number of fused-ring (bicyclic) bond motifs is 1. The van der Waals surface area contributed by atoms with Crippen LogP contribution in [0, 0.1) is 0 Å². The molecule has 0 saturated heterocycles. The lowest BCUT2D eigenvalue weighted by atomic mass is 10.1. The minimum atomic E-state index is -0.390. The zero-order valence-corrected chi connectivity index (χ0v) is 15.6. The largest absolute Gasteiger partial charge is 0.359 e. The van der Waals surface area contributed by atoms with Crippen molar-refractivity contribution in [1.82, 2.24) is 9.97 Å². The summed E-state index contributed by atoms with van der Waals surface area (Å²) >= 11 is 1.52. The Hall–Kier alpha value is -3.51. The molecule has 6 heteroatoms. The maximum absolute atomic E-state index is 13.3. The van der Waals surface area contributed by atoms with Gasteiger partial charge in [0.25, 0.3) is 5.91 Å². The molecule has 0 bridgehead atoms. The minimum absolute atomic E-state index is 0.0436. The Morgan fingerprint density at radius 2 is 1.71 bits per heavy atom. The normalized spacial score (nSPS) is 15.8. The number of para-hydroxylation sites is 2. The molecule has 28 heavy (non-hydrogen) atoms. The van der Waals surface area contributed by atoms with E-state index in [0.717, 1.165) is 27.8 Å². The fraction of sp³-hybridized carbons (Fsp3) is 0.0455. The maximum Gasteiger partial charge on any atom is 0.262 e. The summed E-state index contributed by atoms with van der Waals surface area (Å²) in [6.45, 7) is 0. The number of aromatic nitrogens is 2. The third-order valence-corrected chi connectivity index (χ3v) is 5.53. The number of nitrogens with zero attached hydrogens (tertiary/aromatic N) is 3. The van der Waals surface area contributed by atoms with E-state index in [4.69, 9.17) is 4.98 Å². The zero-order valence-electron chi connectivity index (χ0n) is 14.8. The van der Waals surface area contributed by atoms with Crippen LogP contribution in [0.1, 0.15) is 22.2 Å². The Kier molecular flexibility index (Phi) is 4.10. The van der Waals surface area contributed by atoms with Crippen LogP contribution in [0.5, 0.6) is 0 Å². The highest BCUT2D eigenvalue weighted by Gasteiger charge is 2.35. The molecule has 1 unspecified atom stereocenters. The predicted molar refractivity (Wildman–Crippen MR) is 111 cm³/mol. The van der Waals surface area contributed by atoms with Crippen molar-refractivity contribution in [3.63, 3.8) is 0 Å². The number of amides is 1. The van der Waals surface area contributed by atoms with Gasteiger partial charge >= 0.3 is 0 Å². The van der Waals surface area contributed by atoms with Gasteiger partial charge in [-0.2, -0.15) is 0 Å². The molecule has 1 aliphatic rings. The Labute approximate surface area is 166 Å². The first-order valence-electron chi connectivity index (χ1n) is 8.92. The number of rotatable bonds is 3. The number of carbonyl (C=O) groups excluding carboxylic acids is 1. The van der Waals surface area contributed by atoms with E-state index in [1.54, 1.807) is 11.1 Å². The molecule has 0 aliphatic carbocycles. The molecule has 0 fully saturated rings. The Bertz CT molecular complexity index is 1130. The zero-order chi connectivity index (χ0) is 18.9. The van der Waals surface area contributed by atoms with Gasteiger partial charge in [0.1, 0.15) is 5.01 Å². The van der Waals surface area contributed by atoms with Crippen molar-refractivity contribution in [3.8, 4) is 10.7 Å². The fourth-order valence-electron chi connectivity index (χ4n) is 3.33. The second-order valence-corrected chi connectivity index (χ2v) is 7.25. The van der Waals surface area contributed by atoms with Crippen molar-refractivity contribution in [2.24, 2.45) is 0 Å². The molecule has 4 aromatic rings. The summed E-state index contributed by atoms with van der Waals surface area (Å²) in [5, 5.41) is 6.30. The van der Waals surface area contributed by atoms with E-state index < -0.39 is 6.17 Å².